The molecule has 0 bridgehead atoms. The average Bonchev–Trinajstić information content (AvgIpc) is 2.14. The Balaban J connectivity index is 2.37. The summed E-state index contributed by atoms with van der Waals surface area (Å²) in [5.74, 6) is 0. The van der Waals surface area contributed by atoms with E-state index in [2.05, 4.69) is 4.90 Å². The molecular weight excluding hydrogens is 222 g/mol. The molecule has 0 spiro atoms. The molecule has 0 radical (unpaired) electrons. The fourth-order valence-corrected chi connectivity index (χ4v) is 1.84. The van der Waals surface area contributed by atoms with Crippen LogP contribution in [0.15, 0.2) is 24.3 Å². The minimum atomic E-state index is -0.630. The lowest BCUT2D eigenvalue weighted by Crippen LogP contribution is -2.37. The Kier molecular flexibility index (Phi) is 4.78. The number of nitrogens with zero attached hydrogens (tertiary/aromatic N) is 1. The standard InChI is InChI=1S/C13H20ClNO/c1-13(2,16)10-15(3)9-8-11-4-6-12(14)7-5-11/h4-7,16H,8-10H2,1-3H3. The first-order chi connectivity index (χ1) is 7.37. The van der Waals surface area contributed by atoms with Crippen molar-refractivity contribution in [1.29, 1.82) is 0 Å². The average molecular weight is 242 g/mol. The number of hydrogen-bond acceptors (Lipinski definition) is 2. The van der Waals surface area contributed by atoms with Gasteiger partial charge in [-0.3, -0.25) is 0 Å². The third kappa shape index (κ3) is 5.50. The highest BCUT2D eigenvalue weighted by Crippen LogP contribution is 2.10. The molecule has 0 aliphatic rings. The van der Waals surface area contributed by atoms with Crippen molar-refractivity contribution in [3.8, 4) is 0 Å². The van der Waals surface area contributed by atoms with E-state index >= 15 is 0 Å². The Morgan fingerprint density at radius 2 is 1.81 bits per heavy atom. The molecule has 0 atom stereocenters. The molecule has 0 saturated carbocycles. The second-order valence-corrected chi connectivity index (χ2v) is 5.36. The van der Waals surface area contributed by atoms with Crippen LogP contribution in [0.5, 0.6) is 0 Å². The largest absolute Gasteiger partial charge is 0.389 e. The van der Waals surface area contributed by atoms with Crippen molar-refractivity contribution in [3.05, 3.63) is 34.9 Å². The maximum Gasteiger partial charge on any atom is 0.0718 e. The predicted molar refractivity (Wildman–Crippen MR) is 69.0 cm³/mol. The van der Waals surface area contributed by atoms with Gasteiger partial charge in [-0.05, 0) is 45.0 Å². The van der Waals surface area contributed by atoms with Crippen molar-refractivity contribution in [3.63, 3.8) is 0 Å². The Hall–Kier alpha value is -0.570. The van der Waals surface area contributed by atoms with Crippen LogP contribution in [-0.2, 0) is 6.42 Å². The topological polar surface area (TPSA) is 23.5 Å². The van der Waals surface area contributed by atoms with Crippen LogP contribution in [-0.4, -0.2) is 35.7 Å². The van der Waals surface area contributed by atoms with Gasteiger partial charge in [-0.2, -0.15) is 0 Å². The van der Waals surface area contributed by atoms with Crippen molar-refractivity contribution < 1.29 is 5.11 Å². The summed E-state index contributed by atoms with van der Waals surface area (Å²) >= 11 is 5.82. The van der Waals surface area contributed by atoms with Gasteiger partial charge < -0.3 is 10.0 Å². The number of hydrogen-bond donors (Lipinski definition) is 1. The molecule has 0 heterocycles. The van der Waals surface area contributed by atoms with E-state index in [1.165, 1.54) is 5.56 Å². The van der Waals surface area contributed by atoms with Gasteiger partial charge in [-0.15, -0.1) is 0 Å². The summed E-state index contributed by atoms with van der Waals surface area (Å²) in [6, 6.07) is 7.90. The molecule has 1 aromatic carbocycles. The van der Waals surface area contributed by atoms with Gasteiger partial charge in [-0.1, -0.05) is 23.7 Å². The molecule has 16 heavy (non-hydrogen) atoms. The van der Waals surface area contributed by atoms with Crippen LogP contribution in [0.2, 0.25) is 5.02 Å². The monoisotopic (exact) mass is 241 g/mol. The Morgan fingerprint density at radius 3 is 2.31 bits per heavy atom. The van der Waals surface area contributed by atoms with Crippen LogP contribution in [0.25, 0.3) is 0 Å². The summed E-state index contributed by atoms with van der Waals surface area (Å²) in [5, 5.41) is 10.4. The lowest BCUT2D eigenvalue weighted by Gasteiger charge is -2.25. The summed E-state index contributed by atoms with van der Waals surface area (Å²) in [7, 11) is 2.02. The predicted octanol–water partition coefficient (Wildman–Crippen LogP) is 2.59. The number of halogens is 1. The first-order valence-electron chi connectivity index (χ1n) is 5.52. The van der Waals surface area contributed by atoms with Crippen molar-refractivity contribution in [2.75, 3.05) is 20.1 Å². The van der Waals surface area contributed by atoms with Crippen LogP contribution in [0.1, 0.15) is 19.4 Å². The first kappa shape index (κ1) is 13.5. The molecule has 0 fully saturated rings. The Bertz CT molecular complexity index is 316. The summed E-state index contributed by atoms with van der Waals surface area (Å²) in [6.07, 6.45) is 0.976. The molecule has 90 valence electrons. The van der Waals surface area contributed by atoms with Gasteiger partial charge in [0.15, 0.2) is 0 Å². The van der Waals surface area contributed by atoms with Crippen LogP contribution in [0.4, 0.5) is 0 Å². The number of benzene rings is 1. The molecule has 1 rings (SSSR count). The zero-order chi connectivity index (χ0) is 12.2. The van der Waals surface area contributed by atoms with Crippen LogP contribution in [0.3, 0.4) is 0 Å². The fourth-order valence-electron chi connectivity index (χ4n) is 1.71. The summed E-state index contributed by atoms with van der Waals surface area (Å²) in [5.41, 5.74) is 0.640. The Morgan fingerprint density at radius 1 is 1.25 bits per heavy atom. The van der Waals surface area contributed by atoms with Crippen LogP contribution in [0, 0.1) is 0 Å². The lowest BCUT2D eigenvalue weighted by atomic mass is 10.1. The highest BCUT2D eigenvalue weighted by molar-refractivity contribution is 6.30. The van der Waals surface area contributed by atoms with Gasteiger partial charge in [0.05, 0.1) is 5.60 Å². The molecule has 0 aliphatic heterocycles. The highest BCUT2D eigenvalue weighted by Gasteiger charge is 2.14. The Labute approximate surface area is 103 Å². The summed E-state index contributed by atoms with van der Waals surface area (Å²) in [6.45, 7) is 5.27. The first-order valence-corrected chi connectivity index (χ1v) is 5.90. The normalized spacial score (nSPS) is 12.1. The molecule has 2 nitrogen and oxygen atoms in total. The molecular formula is C13H20ClNO. The fraction of sp³-hybridized carbons (Fsp3) is 0.538. The zero-order valence-corrected chi connectivity index (χ0v) is 11.0. The van der Waals surface area contributed by atoms with E-state index in [-0.39, 0.29) is 0 Å². The van der Waals surface area contributed by atoms with E-state index in [1.54, 1.807) is 0 Å². The molecule has 0 aliphatic carbocycles. The SMILES string of the molecule is CN(CCc1ccc(Cl)cc1)CC(C)(C)O. The molecule has 3 heteroatoms. The number of aliphatic hydroxyl groups is 1. The van der Waals surface area contributed by atoms with E-state index in [1.807, 2.05) is 45.2 Å². The quantitative estimate of drug-likeness (QED) is 0.857. The second kappa shape index (κ2) is 5.67. The second-order valence-electron chi connectivity index (χ2n) is 4.93. The molecule has 0 unspecified atom stereocenters. The van der Waals surface area contributed by atoms with E-state index in [0.29, 0.717) is 6.54 Å². The molecule has 1 N–H and O–H groups in total. The van der Waals surface area contributed by atoms with E-state index < -0.39 is 5.60 Å². The van der Waals surface area contributed by atoms with E-state index in [9.17, 15) is 5.11 Å². The minimum absolute atomic E-state index is 0.630. The number of rotatable bonds is 5. The van der Waals surface area contributed by atoms with Crippen molar-refractivity contribution in [2.45, 2.75) is 25.9 Å². The molecule has 0 saturated heterocycles. The number of likely N-dealkylation sites (N-methyl/N-ethyl adjacent to an activating group) is 1. The highest BCUT2D eigenvalue weighted by atomic mass is 35.5. The maximum atomic E-state index is 9.66. The minimum Gasteiger partial charge on any atom is -0.389 e. The van der Waals surface area contributed by atoms with Gasteiger partial charge >= 0.3 is 0 Å². The van der Waals surface area contributed by atoms with Crippen molar-refractivity contribution in [1.82, 2.24) is 4.90 Å². The summed E-state index contributed by atoms with van der Waals surface area (Å²) in [4.78, 5) is 2.13. The third-order valence-electron chi connectivity index (χ3n) is 2.35. The third-order valence-corrected chi connectivity index (χ3v) is 2.60. The van der Waals surface area contributed by atoms with Gasteiger partial charge in [0, 0.05) is 18.1 Å². The van der Waals surface area contributed by atoms with Gasteiger partial charge in [0.25, 0.3) is 0 Å². The van der Waals surface area contributed by atoms with Gasteiger partial charge in [-0.25, -0.2) is 0 Å². The molecule has 1 aromatic rings. The summed E-state index contributed by atoms with van der Waals surface area (Å²) < 4.78 is 0. The lowest BCUT2D eigenvalue weighted by molar-refractivity contribution is 0.0450. The van der Waals surface area contributed by atoms with E-state index in [0.717, 1.165) is 18.0 Å². The van der Waals surface area contributed by atoms with E-state index in [4.69, 9.17) is 11.6 Å². The van der Waals surface area contributed by atoms with Crippen LogP contribution < -0.4 is 0 Å². The van der Waals surface area contributed by atoms with Crippen molar-refractivity contribution >= 4 is 11.6 Å². The van der Waals surface area contributed by atoms with Gasteiger partial charge in [0.2, 0.25) is 0 Å². The van der Waals surface area contributed by atoms with Crippen LogP contribution >= 0.6 is 11.6 Å². The molecule has 0 amide bonds. The molecule has 0 aromatic heterocycles. The van der Waals surface area contributed by atoms with Gasteiger partial charge in [0.1, 0.15) is 0 Å². The van der Waals surface area contributed by atoms with Crippen molar-refractivity contribution in [2.24, 2.45) is 0 Å². The smallest absolute Gasteiger partial charge is 0.0718 e. The zero-order valence-electron chi connectivity index (χ0n) is 10.2. The maximum absolute atomic E-state index is 9.66.